The van der Waals surface area contributed by atoms with Gasteiger partial charge in [0.2, 0.25) is 11.8 Å². The Morgan fingerprint density at radius 1 is 1.46 bits per heavy atom. The van der Waals surface area contributed by atoms with E-state index in [0.29, 0.717) is 19.0 Å². The summed E-state index contributed by atoms with van der Waals surface area (Å²) >= 11 is 1.56. The SMILES string of the molecule is CCC(CC)CN1C[C@]23C=C[C@H](O2)[C@H](C(=O)N(C)Cc2nc(C)cs2)[C@H]3C1=O. The van der Waals surface area contributed by atoms with E-state index in [4.69, 9.17) is 4.74 Å². The van der Waals surface area contributed by atoms with Gasteiger partial charge in [0.15, 0.2) is 0 Å². The molecule has 2 saturated heterocycles. The number of hydrogen-bond acceptors (Lipinski definition) is 5. The number of fused-ring (bicyclic) bond motifs is 1. The number of hydrogen-bond donors (Lipinski definition) is 0. The molecule has 4 rings (SSSR count). The lowest BCUT2D eigenvalue weighted by molar-refractivity contribution is -0.142. The first kappa shape index (κ1) is 19.6. The number of aromatic nitrogens is 1. The highest BCUT2D eigenvalue weighted by Crippen LogP contribution is 2.52. The van der Waals surface area contributed by atoms with E-state index in [1.54, 1.807) is 23.3 Å². The molecule has 2 bridgehead atoms. The summed E-state index contributed by atoms with van der Waals surface area (Å²) in [6.07, 6.45) is 5.82. The van der Waals surface area contributed by atoms with Crippen molar-refractivity contribution < 1.29 is 14.3 Å². The number of nitrogens with zero attached hydrogens (tertiary/aromatic N) is 3. The predicted octanol–water partition coefficient (Wildman–Crippen LogP) is 2.63. The van der Waals surface area contributed by atoms with Crippen LogP contribution in [0, 0.1) is 24.7 Å². The molecule has 4 heterocycles. The highest BCUT2D eigenvalue weighted by atomic mass is 32.1. The fraction of sp³-hybridized carbons (Fsp3) is 0.667. The third-order valence-electron chi connectivity index (χ3n) is 6.51. The van der Waals surface area contributed by atoms with Crippen LogP contribution in [0.5, 0.6) is 0 Å². The van der Waals surface area contributed by atoms with Gasteiger partial charge in [-0.25, -0.2) is 4.98 Å². The molecule has 0 radical (unpaired) electrons. The van der Waals surface area contributed by atoms with Crippen LogP contribution in [0.3, 0.4) is 0 Å². The van der Waals surface area contributed by atoms with Gasteiger partial charge in [0.25, 0.3) is 0 Å². The lowest BCUT2D eigenvalue weighted by atomic mass is 9.76. The first-order valence-electron chi connectivity index (χ1n) is 10.2. The monoisotopic (exact) mass is 403 g/mol. The topological polar surface area (TPSA) is 62.7 Å². The number of aryl methyl sites for hydroxylation is 1. The molecule has 0 unspecified atom stereocenters. The average molecular weight is 404 g/mol. The van der Waals surface area contributed by atoms with Crippen LogP contribution in [0.4, 0.5) is 0 Å². The van der Waals surface area contributed by atoms with Gasteiger partial charge in [0.05, 0.1) is 31.0 Å². The zero-order valence-electron chi connectivity index (χ0n) is 17.1. The summed E-state index contributed by atoms with van der Waals surface area (Å²) in [5.41, 5.74) is 0.348. The fourth-order valence-corrected chi connectivity index (χ4v) is 5.71. The number of rotatable bonds is 7. The number of carbonyl (C=O) groups excluding carboxylic acids is 2. The van der Waals surface area contributed by atoms with E-state index < -0.39 is 17.4 Å². The van der Waals surface area contributed by atoms with Gasteiger partial charge in [0.1, 0.15) is 10.6 Å². The molecule has 0 aliphatic carbocycles. The van der Waals surface area contributed by atoms with Crippen molar-refractivity contribution in [1.82, 2.24) is 14.8 Å². The Kier molecular flexibility index (Phi) is 5.08. The molecular weight excluding hydrogens is 374 g/mol. The van der Waals surface area contributed by atoms with Crippen molar-refractivity contribution in [2.45, 2.75) is 51.9 Å². The molecule has 1 spiro atoms. The van der Waals surface area contributed by atoms with Crippen LogP contribution in [-0.4, -0.2) is 58.4 Å². The molecule has 0 N–H and O–H groups in total. The van der Waals surface area contributed by atoms with Crippen molar-refractivity contribution in [2.75, 3.05) is 20.1 Å². The Bertz CT molecular complexity index is 803. The van der Waals surface area contributed by atoms with Gasteiger partial charge in [-0.05, 0) is 12.8 Å². The number of thiazole rings is 1. The van der Waals surface area contributed by atoms with Crippen molar-refractivity contribution in [1.29, 1.82) is 0 Å². The van der Waals surface area contributed by atoms with Gasteiger partial charge in [-0.1, -0.05) is 38.8 Å². The summed E-state index contributed by atoms with van der Waals surface area (Å²) in [6, 6.07) is 0. The highest BCUT2D eigenvalue weighted by molar-refractivity contribution is 7.09. The van der Waals surface area contributed by atoms with Crippen LogP contribution >= 0.6 is 11.3 Å². The first-order valence-corrected chi connectivity index (χ1v) is 11.1. The molecule has 7 heteroatoms. The molecule has 2 amide bonds. The first-order chi connectivity index (χ1) is 13.4. The third kappa shape index (κ3) is 3.08. The summed E-state index contributed by atoms with van der Waals surface area (Å²) in [5, 5.41) is 2.90. The van der Waals surface area contributed by atoms with Gasteiger partial charge in [-0.3, -0.25) is 9.59 Å². The van der Waals surface area contributed by atoms with E-state index in [1.165, 1.54) is 0 Å². The number of carbonyl (C=O) groups is 2. The summed E-state index contributed by atoms with van der Waals surface area (Å²) < 4.78 is 6.24. The fourth-order valence-electron chi connectivity index (χ4n) is 4.88. The molecule has 152 valence electrons. The molecule has 3 aliphatic heterocycles. The van der Waals surface area contributed by atoms with E-state index in [1.807, 2.05) is 29.4 Å². The van der Waals surface area contributed by atoms with E-state index in [0.717, 1.165) is 30.1 Å². The summed E-state index contributed by atoms with van der Waals surface area (Å²) in [7, 11) is 1.79. The quantitative estimate of drug-likeness (QED) is 0.657. The molecule has 6 nitrogen and oxygen atoms in total. The van der Waals surface area contributed by atoms with Crippen molar-refractivity contribution in [2.24, 2.45) is 17.8 Å². The number of amides is 2. The minimum atomic E-state index is -0.618. The third-order valence-corrected chi connectivity index (χ3v) is 7.46. The van der Waals surface area contributed by atoms with Crippen molar-refractivity contribution in [3.8, 4) is 0 Å². The van der Waals surface area contributed by atoms with Crippen LogP contribution in [0.2, 0.25) is 0 Å². The molecule has 0 aromatic carbocycles. The summed E-state index contributed by atoms with van der Waals surface area (Å²) in [5.74, 6) is -0.284. The van der Waals surface area contributed by atoms with E-state index in [-0.39, 0.29) is 17.9 Å². The summed E-state index contributed by atoms with van der Waals surface area (Å²) in [6.45, 7) is 8.07. The van der Waals surface area contributed by atoms with Crippen LogP contribution in [-0.2, 0) is 20.9 Å². The van der Waals surface area contributed by atoms with Gasteiger partial charge in [0, 0.05) is 24.7 Å². The second kappa shape index (κ2) is 7.26. The Morgan fingerprint density at radius 3 is 2.86 bits per heavy atom. The summed E-state index contributed by atoms with van der Waals surface area (Å²) in [4.78, 5) is 34.6. The molecule has 2 fully saturated rings. The zero-order valence-corrected chi connectivity index (χ0v) is 17.9. The smallest absolute Gasteiger partial charge is 0.230 e. The molecular formula is C21H29N3O3S. The molecule has 4 atom stereocenters. The van der Waals surface area contributed by atoms with Gasteiger partial charge in [-0.15, -0.1) is 11.3 Å². The molecule has 0 saturated carbocycles. The van der Waals surface area contributed by atoms with E-state index >= 15 is 0 Å². The molecule has 1 aromatic rings. The Hall–Kier alpha value is -1.73. The maximum atomic E-state index is 13.3. The van der Waals surface area contributed by atoms with Crippen molar-refractivity contribution in [3.05, 3.63) is 28.2 Å². The van der Waals surface area contributed by atoms with Gasteiger partial charge < -0.3 is 14.5 Å². The van der Waals surface area contributed by atoms with Crippen LogP contribution in [0.1, 0.15) is 37.4 Å². The average Bonchev–Trinajstić information content (AvgIpc) is 3.41. The number of likely N-dealkylation sites (tertiary alicyclic amines) is 1. The standard InChI is InChI=1S/C21H29N3O3S/c1-5-14(6-2)9-24-12-21-8-7-15(27-21)17(18(21)20(24)26)19(25)23(4)10-16-22-13(3)11-28-16/h7-8,11,14-15,17-18H,5-6,9-10,12H2,1-4H3/t15-,17-,18-,21-/m0/s1. The minimum absolute atomic E-state index is 0.0215. The Morgan fingerprint density at radius 2 is 2.21 bits per heavy atom. The second-order valence-electron chi connectivity index (χ2n) is 8.38. The van der Waals surface area contributed by atoms with Crippen molar-refractivity contribution in [3.63, 3.8) is 0 Å². The van der Waals surface area contributed by atoms with Crippen molar-refractivity contribution >= 4 is 23.2 Å². The predicted molar refractivity (Wildman–Crippen MR) is 108 cm³/mol. The van der Waals surface area contributed by atoms with E-state index in [9.17, 15) is 9.59 Å². The molecule has 3 aliphatic rings. The molecule has 1 aromatic heterocycles. The normalized spacial score (nSPS) is 30.5. The zero-order chi connectivity index (χ0) is 20.1. The van der Waals surface area contributed by atoms with Crippen LogP contribution < -0.4 is 0 Å². The van der Waals surface area contributed by atoms with Gasteiger partial charge in [-0.2, -0.15) is 0 Å². The Labute approximate surface area is 170 Å². The van der Waals surface area contributed by atoms with Crippen LogP contribution in [0.15, 0.2) is 17.5 Å². The largest absolute Gasteiger partial charge is 0.360 e. The van der Waals surface area contributed by atoms with Gasteiger partial charge >= 0.3 is 0 Å². The molecule has 28 heavy (non-hydrogen) atoms. The highest BCUT2D eigenvalue weighted by Gasteiger charge is 2.67. The Balaban J connectivity index is 1.52. The number of ether oxygens (including phenoxy) is 1. The van der Waals surface area contributed by atoms with E-state index in [2.05, 4.69) is 18.8 Å². The lowest BCUT2D eigenvalue weighted by Crippen LogP contribution is -2.44. The minimum Gasteiger partial charge on any atom is -0.360 e. The maximum absolute atomic E-state index is 13.3. The maximum Gasteiger partial charge on any atom is 0.230 e. The lowest BCUT2D eigenvalue weighted by Gasteiger charge is -2.27. The second-order valence-corrected chi connectivity index (χ2v) is 9.32. The van der Waals surface area contributed by atoms with Crippen LogP contribution in [0.25, 0.3) is 0 Å².